The van der Waals surface area contributed by atoms with Gasteiger partial charge in [-0.2, -0.15) is 14.4 Å². The lowest BCUT2D eigenvalue weighted by Gasteiger charge is -2.16. The van der Waals surface area contributed by atoms with Crippen molar-refractivity contribution < 1.29 is 27.8 Å². The van der Waals surface area contributed by atoms with E-state index in [0.29, 0.717) is 0 Å². The molecule has 2 aliphatic rings. The molecule has 10 nitrogen and oxygen atoms in total. The van der Waals surface area contributed by atoms with Crippen LogP contribution >= 0.6 is 8.25 Å². The highest BCUT2D eigenvalue weighted by Gasteiger charge is 2.54. The number of aromatic nitrogens is 4. The maximum atomic E-state index is 13.4. The molecule has 116 valence electrons. The van der Waals surface area contributed by atoms with E-state index in [2.05, 4.69) is 15.0 Å². The van der Waals surface area contributed by atoms with Gasteiger partial charge in [-0.25, -0.2) is 4.98 Å². The maximum Gasteiger partial charge on any atom is 0.697 e. The Kier molecular flexibility index (Phi) is 3.06. The van der Waals surface area contributed by atoms with Crippen LogP contribution in [0, 0.1) is 6.08 Å². The zero-order chi connectivity index (χ0) is 15.4. The first-order chi connectivity index (χ1) is 10.5. The van der Waals surface area contributed by atoms with Gasteiger partial charge in [-0.1, -0.05) is 0 Å². The smallest absolute Gasteiger partial charge is 0.385 e. The number of hydrogen-bond acceptors (Lipinski definition) is 9. The first-order valence-electron chi connectivity index (χ1n) is 6.30. The third-order valence-electron chi connectivity index (χ3n) is 3.56. The second-order valence-corrected chi connectivity index (χ2v) is 5.76. The van der Waals surface area contributed by atoms with Gasteiger partial charge in [-0.3, -0.25) is 4.57 Å². The van der Waals surface area contributed by atoms with Gasteiger partial charge in [0.15, 0.2) is 29.3 Å². The summed E-state index contributed by atoms with van der Waals surface area (Å²) in [5, 5.41) is 10.3. The summed E-state index contributed by atoms with van der Waals surface area (Å²) >= 11 is 0. The number of imidazole rings is 1. The van der Waals surface area contributed by atoms with Gasteiger partial charge in [0.2, 0.25) is 0 Å². The summed E-state index contributed by atoms with van der Waals surface area (Å²) in [4.78, 5) is 11.0. The van der Waals surface area contributed by atoms with E-state index in [1.165, 1.54) is 10.9 Å². The van der Waals surface area contributed by atoms with E-state index < -0.39 is 38.9 Å². The zero-order valence-corrected chi connectivity index (χ0v) is 11.8. The SMILES string of the molecule is Nc1nc(F)nc2c1ncn2[C@@H]1O[C@@H]2CO[P+](=O)O[C@H]2[C@@H]1O. The minimum Gasteiger partial charge on any atom is -0.385 e. The molecule has 0 bridgehead atoms. The second-order valence-electron chi connectivity index (χ2n) is 4.85. The molecule has 5 atom stereocenters. The third kappa shape index (κ3) is 1.98. The Bertz CT molecular complexity index is 771. The van der Waals surface area contributed by atoms with E-state index in [1.54, 1.807) is 0 Å². The highest BCUT2D eigenvalue weighted by atomic mass is 31.1. The molecule has 0 aliphatic carbocycles. The molecule has 3 N–H and O–H groups in total. The number of nitrogen functional groups attached to an aromatic ring is 1. The summed E-state index contributed by atoms with van der Waals surface area (Å²) in [6.45, 7) is 0.0194. The Hall–Kier alpha value is -1.78. The van der Waals surface area contributed by atoms with Gasteiger partial charge in [0.05, 0.1) is 6.33 Å². The molecule has 2 saturated heterocycles. The normalized spacial score (nSPS) is 33.3. The Morgan fingerprint density at radius 3 is 3.14 bits per heavy atom. The molecule has 22 heavy (non-hydrogen) atoms. The Morgan fingerprint density at radius 2 is 2.32 bits per heavy atom. The van der Waals surface area contributed by atoms with Crippen LogP contribution in [0.25, 0.3) is 11.2 Å². The van der Waals surface area contributed by atoms with E-state index in [4.69, 9.17) is 19.5 Å². The summed E-state index contributed by atoms with van der Waals surface area (Å²) in [5.74, 6) is -0.117. The van der Waals surface area contributed by atoms with Gasteiger partial charge >= 0.3 is 14.3 Å². The summed E-state index contributed by atoms with van der Waals surface area (Å²) < 4.78 is 41.5. The van der Waals surface area contributed by atoms with Crippen LogP contribution in [0.15, 0.2) is 6.33 Å². The minimum absolute atomic E-state index is 0.0194. The molecular weight excluding hydrogens is 320 g/mol. The van der Waals surface area contributed by atoms with Gasteiger partial charge in [0.25, 0.3) is 0 Å². The van der Waals surface area contributed by atoms with E-state index >= 15 is 0 Å². The standard InChI is InChI=1S/C10H10FN5O5P/c11-10-14-7(12)4-8(15-10)16(2-13-4)9-5(17)6-3(20-9)1-19-22(18)21-6/h2-3,5-6,9,17H,1H2,(H2,12,14,15)/q+1/t3-,5+,6-,9-/m1/s1. The molecule has 2 aliphatic heterocycles. The number of nitrogens with zero attached hydrogens (tertiary/aromatic N) is 4. The van der Waals surface area contributed by atoms with Crippen molar-refractivity contribution in [3.63, 3.8) is 0 Å². The van der Waals surface area contributed by atoms with Crippen LogP contribution in [0.1, 0.15) is 6.23 Å². The Balaban J connectivity index is 1.75. The monoisotopic (exact) mass is 330 g/mol. The lowest BCUT2D eigenvalue weighted by molar-refractivity contribution is -0.0553. The number of hydrogen-bond donors (Lipinski definition) is 2. The number of aliphatic hydroxyl groups excluding tert-OH is 1. The fourth-order valence-corrected chi connectivity index (χ4v) is 3.36. The molecule has 0 spiro atoms. The molecule has 4 rings (SSSR count). The molecule has 4 heterocycles. The first kappa shape index (κ1) is 13.9. The number of nitrogens with two attached hydrogens (primary N) is 1. The lowest BCUT2D eigenvalue weighted by Crippen LogP contribution is -2.37. The summed E-state index contributed by atoms with van der Waals surface area (Å²) in [7, 11) is -2.29. The van der Waals surface area contributed by atoms with Gasteiger partial charge in [0.1, 0.15) is 18.8 Å². The maximum absolute atomic E-state index is 13.4. The number of ether oxygens (including phenoxy) is 1. The molecule has 2 fully saturated rings. The molecular formula is C10H10FN5O5P+. The van der Waals surface area contributed by atoms with Crippen LogP contribution in [-0.2, 0) is 18.3 Å². The fraction of sp³-hybridized carbons (Fsp3) is 0.500. The summed E-state index contributed by atoms with van der Waals surface area (Å²) in [6, 6.07) is 0. The molecule has 0 amide bonds. The van der Waals surface area contributed by atoms with Gasteiger partial charge in [-0.15, -0.1) is 9.05 Å². The number of anilines is 1. The topological polar surface area (TPSA) is 135 Å². The molecule has 0 radical (unpaired) electrons. The molecule has 12 heteroatoms. The van der Waals surface area contributed by atoms with Crippen molar-refractivity contribution >= 4 is 25.2 Å². The zero-order valence-electron chi connectivity index (χ0n) is 10.9. The largest absolute Gasteiger partial charge is 0.697 e. The van der Waals surface area contributed by atoms with Gasteiger partial charge < -0.3 is 15.6 Å². The summed E-state index contributed by atoms with van der Waals surface area (Å²) in [5.41, 5.74) is 5.86. The van der Waals surface area contributed by atoms with Crippen molar-refractivity contribution in [2.75, 3.05) is 12.3 Å². The minimum atomic E-state index is -2.29. The average Bonchev–Trinajstić information content (AvgIpc) is 3.01. The van der Waals surface area contributed by atoms with Crippen molar-refractivity contribution in [3.8, 4) is 0 Å². The molecule has 0 aromatic carbocycles. The second kappa shape index (κ2) is 4.86. The highest BCUT2D eigenvalue weighted by molar-refractivity contribution is 7.33. The van der Waals surface area contributed by atoms with Crippen molar-refractivity contribution in [2.24, 2.45) is 0 Å². The van der Waals surface area contributed by atoms with Crippen LogP contribution in [0.3, 0.4) is 0 Å². The first-order valence-corrected chi connectivity index (χ1v) is 7.40. The predicted octanol–water partition coefficient (Wildman–Crippen LogP) is -0.121. The number of halogens is 1. The number of rotatable bonds is 1. The van der Waals surface area contributed by atoms with E-state index in [-0.39, 0.29) is 23.6 Å². The third-order valence-corrected chi connectivity index (χ3v) is 4.33. The van der Waals surface area contributed by atoms with E-state index in [9.17, 15) is 14.1 Å². The fourth-order valence-electron chi connectivity index (χ4n) is 2.57. The Morgan fingerprint density at radius 1 is 1.50 bits per heavy atom. The highest BCUT2D eigenvalue weighted by Crippen LogP contribution is 2.42. The quantitative estimate of drug-likeness (QED) is 0.542. The molecule has 2 aromatic heterocycles. The molecule has 2 aromatic rings. The molecule has 1 unspecified atom stereocenters. The summed E-state index contributed by atoms with van der Waals surface area (Å²) in [6.07, 6.45) is -3.22. The van der Waals surface area contributed by atoms with Crippen LogP contribution in [0.4, 0.5) is 10.2 Å². The van der Waals surface area contributed by atoms with Gasteiger partial charge in [-0.05, 0) is 0 Å². The number of fused-ring (bicyclic) bond motifs is 2. The predicted molar refractivity (Wildman–Crippen MR) is 68.0 cm³/mol. The van der Waals surface area contributed by atoms with Crippen LogP contribution in [-0.4, -0.2) is 49.5 Å². The van der Waals surface area contributed by atoms with Crippen molar-refractivity contribution in [2.45, 2.75) is 24.5 Å². The Labute approximate surface area is 123 Å². The van der Waals surface area contributed by atoms with Crippen LogP contribution in [0.2, 0.25) is 0 Å². The lowest BCUT2D eigenvalue weighted by atomic mass is 10.1. The van der Waals surface area contributed by atoms with Gasteiger partial charge in [0, 0.05) is 4.57 Å². The van der Waals surface area contributed by atoms with Crippen molar-refractivity contribution in [1.82, 2.24) is 19.5 Å². The van der Waals surface area contributed by atoms with Crippen molar-refractivity contribution in [1.29, 1.82) is 0 Å². The van der Waals surface area contributed by atoms with Crippen molar-refractivity contribution in [3.05, 3.63) is 12.4 Å². The van der Waals surface area contributed by atoms with E-state index in [0.717, 1.165) is 0 Å². The molecule has 0 saturated carbocycles. The van der Waals surface area contributed by atoms with Crippen LogP contribution in [0.5, 0.6) is 0 Å². The van der Waals surface area contributed by atoms with E-state index in [1.807, 2.05) is 0 Å². The number of aliphatic hydroxyl groups is 1. The van der Waals surface area contributed by atoms with Crippen LogP contribution < -0.4 is 5.73 Å². The average molecular weight is 330 g/mol.